The van der Waals surface area contributed by atoms with E-state index in [9.17, 15) is 14.7 Å². The highest BCUT2D eigenvalue weighted by molar-refractivity contribution is 5.99. The van der Waals surface area contributed by atoms with Gasteiger partial charge in [0.25, 0.3) is 5.91 Å². The van der Waals surface area contributed by atoms with E-state index in [1.807, 2.05) is 37.3 Å². The molecule has 4 rings (SSSR count). The van der Waals surface area contributed by atoms with Crippen LogP contribution in [0.5, 0.6) is 5.75 Å². The fourth-order valence-electron chi connectivity index (χ4n) is 4.01. The van der Waals surface area contributed by atoms with Gasteiger partial charge in [-0.3, -0.25) is 9.59 Å². The maximum Gasteiger partial charge on any atom is 0.290 e. The summed E-state index contributed by atoms with van der Waals surface area (Å²) in [5.74, 6) is 0.874. The van der Waals surface area contributed by atoms with Crippen molar-refractivity contribution in [3.05, 3.63) is 75.1 Å². The molecule has 0 radical (unpaired) electrons. The standard InChI is InChI=1S/C25H27NO5/c1-15(2)9-12-30-18-6-4-5-17(14-18)22-21-23(28)19-13-16(3)7-8-20(19)31-24(21)25(29)26(22)10-11-27/h4-8,13-15,22,27H,9-12H2,1-3H3/t22-/m1/s1. The molecule has 1 aromatic heterocycles. The second kappa shape index (κ2) is 8.55. The first-order chi connectivity index (χ1) is 14.9. The van der Waals surface area contributed by atoms with Crippen molar-refractivity contribution in [2.45, 2.75) is 33.2 Å². The van der Waals surface area contributed by atoms with E-state index in [4.69, 9.17) is 9.15 Å². The first-order valence-electron chi connectivity index (χ1n) is 10.6. The summed E-state index contributed by atoms with van der Waals surface area (Å²) in [4.78, 5) is 28.1. The molecule has 1 aliphatic rings. The summed E-state index contributed by atoms with van der Waals surface area (Å²) in [5, 5.41) is 10.0. The van der Waals surface area contributed by atoms with E-state index in [1.54, 1.807) is 12.1 Å². The number of carbonyl (C=O) groups excluding carboxylic acids is 1. The van der Waals surface area contributed by atoms with E-state index in [-0.39, 0.29) is 30.2 Å². The molecule has 6 nitrogen and oxygen atoms in total. The van der Waals surface area contributed by atoms with Crippen molar-refractivity contribution in [2.24, 2.45) is 5.92 Å². The van der Waals surface area contributed by atoms with Gasteiger partial charge < -0.3 is 19.2 Å². The molecule has 3 aromatic rings. The Morgan fingerprint density at radius 1 is 1.16 bits per heavy atom. The van der Waals surface area contributed by atoms with Gasteiger partial charge in [-0.1, -0.05) is 37.6 Å². The van der Waals surface area contributed by atoms with Crippen LogP contribution in [0, 0.1) is 12.8 Å². The van der Waals surface area contributed by atoms with Crippen LogP contribution in [0.1, 0.15) is 53.6 Å². The first-order valence-corrected chi connectivity index (χ1v) is 10.6. The number of β-amino-alcohol motifs (C(OH)–C–C–N with tert-alkyl or cyclic N) is 1. The molecule has 1 atom stereocenters. The van der Waals surface area contributed by atoms with E-state index in [2.05, 4.69) is 13.8 Å². The van der Waals surface area contributed by atoms with Crippen LogP contribution in [0.4, 0.5) is 0 Å². The fourth-order valence-corrected chi connectivity index (χ4v) is 4.01. The molecule has 2 aromatic carbocycles. The Morgan fingerprint density at radius 3 is 2.71 bits per heavy atom. The summed E-state index contributed by atoms with van der Waals surface area (Å²) in [5.41, 5.74) is 2.18. The number of rotatable bonds is 7. The first kappa shape index (κ1) is 21.1. The SMILES string of the molecule is Cc1ccc2oc3c(c(=O)c2c1)[C@@H](c1cccc(OCCC(C)C)c1)N(CCO)C3=O. The lowest BCUT2D eigenvalue weighted by Gasteiger charge is -2.24. The summed E-state index contributed by atoms with van der Waals surface area (Å²) in [6.45, 7) is 6.66. The molecule has 0 bridgehead atoms. The van der Waals surface area contributed by atoms with E-state index < -0.39 is 6.04 Å². The number of aryl methyl sites for hydroxylation is 1. The van der Waals surface area contributed by atoms with Gasteiger partial charge in [-0.15, -0.1) is 0 Å². The van der Waals surface area contributed by atoms with Gasteiger partial charge in [0.05, 0.1) is 30.2 Å². The highest BCUT2D eigenvalue weighted by Crippen LogP contribution is 2.38. The summed E-state index contributed by atoms with van der Waals surface area (Å²) in [7, 11) is 0. The lowest BCUT2D eigenvalue weighted by molar-refractivity contribution is 0.0691. The molecule has 1 amide bonds. The number of hydrogen-bond donors (Lipinski definition) is 1. The second-order valence-corrected chi connectivity index (χ2v) is 8.40. The van der Waals surface area contributed by atoms with Gasteiger partial charge in [-0.05, 0) is 49.1 Å². The van der Waals surface area contributed by atoms with Gasteiger partial charge in [-0.2, -0.15) is 0 Å². The van der Waals surface area contributed by atoms with Crippen LogP contribution in [0.3, 0.4) is 0 Å². The zero-order chi connectivity index (χ0) is 22.1. The molecule has 6 heteroatoms. The molecule has 0 spiro atoms. The van der Waals surface area contributed by atoms with Crippen LogP contribution < -0.4 is 10.2 Å². The van der Waals surface area contributed by atoms with Crippen LogP contribution in [0.25, 0.3) is 11.0 Å². The van der Waals surface area contributed by atoms with Crippen molar-refractivity contribution in [1.82, 2.24) is 4.90 Å². The van der Waals surface area contributed by atoms with Crippen molar-refractivity contribution in [2.75, 3.05) is 19.8 Å². The molecule has 1 aliphatic heterocycles. The van der Waals surface area contributed by atoms with Crippen molar-refractivity contribution >= 4 is 16.9 Å². The number of ether oxygens (including phenoxy) is 1. The molecular formula is C25H27NO5. The van der Waals surface area contributed by atoms with E-state index in [0.717, 1.165) is 17.5 Å². The summed E-state index contributed by atoms with van der Waals surface area (Å²) >= 11 is 0. The number of benzene rings is 2. The number of nitrogens with zero attached hydrogens (tertiary/aromatic N) is 1. The minimum Gasteiger partial charge on any atom is -0.494 e. The summed E-state index contributed by atoms with van der Waals surface area (Å²) < 4.78 is 11.8. The minimum atomic E-state index is -0.635. The van der Waals surface area contributed by atoms with Gasteiger partial charge in [0, 0.05) is 6.54 Å². The predicted octanol–water partition coefficient (Wildman–Crippen LogP) is 4.06. The zero-order valence-electron chi connectivity index (χ0n) is 18.1. The predicted molar refractivity (Wildman–Crippen MR) is 119 cm³/mol. The monoisotopic (exact) mass is 421 g/mol. The molecular weight excluding hydrogens is 394 g/mol. The lowest BCUT2D eigenvalue weighted by Crippen LogP contribution is -2.32. The van der Waals surface area contributed by atoms with Crippen LogP contribution >= 0.6 is 0 Å². The maximum atomic E-state index is 13.5. The van der Waals surface area contributed by atoms with Gasteiger partial charge in [0.15, 0.2) is 5.43 Å². The Kier molecular flexibility index (Phi) is 5.83. The quantitative estimate of drug-likeness (QED) is 0.622. The number of amides is 1. The fraction of sp³-hybridized carbons (Fsp3) is 0.360. The molecule has 0 aliphatic carbocycles. The Morgan fingerprint density at radius 2 is 1.97 bits per heavy atom. The number of aliphatic hydroxyl groups excluding tert-OH is 1. The molecule has 0 unspecified atom stereocenters. The smallest absolute Gasteiger partial charge is 0.290 e. The summed E-state index contributed by atoms with van der Waals surface area (Å²) in [6.07, 6.45) is 0.931. The van der Waals surface area contributed by atoms with Crippen LogP contribution in [-0.4, -0.2) is 35.7 Å². The third-order valence-electron chi connectivity index (χ3n) is 5.60. The molecule has 0 saturated carbocycles. The number of fused-ring (bicyclic) bond motifs is 2. The summed E-state index contributed by atoms with van der Waals surface area (Å²) in [6, 6.07) is 12.2. The van der Waals surface area contributed by atoms with Crippen molar-refractivity contribution < 1.29 is 19.1 Å². The number of aliphatic hydroxyl groups is 1. The second-order valence-electron chi connectivity index (χ2n) is 8.40. The van der Waals surface area contributed by atoms with Crippen molar-refractivity contribution in [1.29, 1.82) is 0 Å². The molecule has 162 valence electrons. The highest BCUT2D eigenvalue weighted by Gasteiger charge is 2.42. The van der Waals surface area contributed by atoms with E-state index in [1.165, 1.54) is 4.90 Å². The molecule has 0 saturated heterocycles. The highest BCUT2D eigenvalue weighted by atomic mass is 16.5. The molecule has 1 N–H and O–H groups in total. The molecule has 0 fully saturated rings. The normalized spacial score (nSPS) is 15.7. The van der Waals surface area contributed by atoms with E-state index >= 15 is 0 Å². The minimum absolute atomic E-state index is 0.0472. The Labute approximate surface area is 181 Å². The van der Waals surface area contributed by atoms with Gasteiger partial charge >= 0.3 is 0 Å². The Hall–Kier alpha value is -3.12. The van der Waals surface area contributed by atoms with Gasteiger partial charge in [-0.25, -0.2) is 0 Å². The lowest BCUT2D eigenvalue weighted by atomic mass is 9.98. The molecule has 2 heterocycles. The average molecular weight is 421 g/mol. The third-order valence-corrected chi connectivity index (χ3v) is 5.60. The number of hydrogen-bond acceptors (Lipinski definition) is 5. The van der Waals surface area contributed by atoms with Gasteiger partial charge in [0.1, 0.15) is 11.3 Å². The van der Waals surface area contributed by atoms with Crippen LogP contribution in [0.2, 0.25) is 0 Å². The zero-order valence-corrected chi connectivity index (χ0v) is 18.1. The van der Waals surface area contributed by atoms with Crippen molar-refractivity contribution in [3.8, 4) is 5.75 Å². The molecule has 31 heavy (non-hydrogen) atoms. The number of carbonyl (C=O) groups is 1. The largest absolute Gasteiger partial charge is 0.494 e. The topological polar surface area (TPSA) is 80.0 Å². The van der Waals surface area contributed by atoms with Crippen LogP contribution in [-0.2, 0) is 0 Å². The third kappa shape index (κ3) is 3.95. The average Bonchev–Trinajstić information content (AvgIpc) is 3.01. The van der Waals surface area contributed by atoms with E-state index in [0.29, 0.717) is 34.8 Å². The van der Waals surface area contributed by atoms with Crippen molar-refractivity contribution in [3.63, 3.8) is 0 Å². The maximum absolute atomic E-state index is 13.5. The Balaban J connectivity index is 1.82. The Bertz CT molecular complexity index is 1180. The van der Waals surface area contributed by atoms with Gasteiger partial charge in [0.2, 0.25) is 5.76 Å². The van der Waals surface area contributed by atoms with Crippen LogP contribution in [0.15, 0.2) is 51.7 Å².